The van der Waals surface area contributed by atoms with Gasteiger partial charge < -0.3 is 14.8 Å². The predicted octanol–water partition coefficient (Wildman–Crippen LogP) is 2.31. The maximum Gasteiger partial charge on any atom is 0.310 e. The van der Waals surface area contributed by atoms with Gasteiger partial charge in [0.1, 0.15) is 5.75 Å². The molecule has 4 heteroatoms. The van der Waals surface area contributed by atoms with Crippen molar-refractivity contribution in [1.82, 2.24) is 0 Å². The van der Waals surface area contributed by atoms with Gasteiger partial charge in [-0.2, -0.15) is 0 Å². The molecule has 0 radical (unpaired) electrons. The lowest BCUT2D eigenvalue weighted by Crippen LogP contribution is -2.22. The highest BCUT2D eigenvalue weighted by Crippen LogP contribution is 2.15. The van der Waals surface area contributed by atoms with Crippen LogP contribution in [0.4, 0.5) is 5.69 Å². The molecule has 0 aliphatic rings. The van der Waals surface area contributed by atoms with Crippen LogP contribution in [0.5, 0.6) is 5.75 Å². The topological polar surface area (TPSA) is 47.6 Å². The molecule has 0 heterocycles. The molecule has 1 rings (SSSR count). The third kappa shape index (κ3) is 4.34. The van der Waals surface area contributed by atoms with Crippen molar-refractivity contribution in [2.24, 2.45) is 5.92 Å². The van der Waals surface area contributed by atoms with Crippen molar-refractivity contribution in [3.8, 4) is 5.75 Å². The van der Waals surface area contributed by atoms with E-state index in [4.69, 9.17) is 9.47 Å². The van der Waals surface area contributed by atoms with Gasteiger partial charge in [0.05, 0.1) is 19.6 Å². The second-order valence-electron chi connectivity index (χ2n) is 3.76. The van der Waals surface area contributed by atoms with Crippen LogP contribution in [-0.4, -0.2) is 26.2 Å². The number of anilines is 1. The molecule has 0 saturated carbocycles. The number of esters is 1. The fraction of sp³-hybridized carbons (Fsp3) is 0.462. The molecule has 0 aliphatic heterocycles. The van der Waals surface area contributed by atoms with Crippen LogP contribution >= 0.6 is 0 Å². The molecule has 1 unspecified atom stereocenters. The normalized spacial score (nSPS) is 11.7. The summed E-state index contributed by atoms with van der Waals surface area (Å²) in [5, 5.41) is 3.18. The average molecular weight is 237 g/mol. The number of carbonyl (C=O) groups is 1. The second kappa shape index (κ2) is 6.78. The van der Waals surface area contributed by atoms with Gasteiger partial charge >= 0.3 is 5.97 Å². The van der Waals surface area contributed by atoms with Crippen molar-refractivity contribution in [2.75, 3.05) is 25.6 Å². The largest absolute Gasteiger partial charge is 0.497 e. The molecule has 1 atom stereocenters. The smallest absolute Gasteiger partial charge is 0.310 e. The van der Waals surface area contributed by atoms with Gasteiger partial charge in [0.25, 0.3) is 0 Å². The first-order chi connectivity index (χ1) is 8.17. The van der Waals surface area contributed by atoms with E-state index in [-0.39, 0.29) is 11.9 Å². The monoisotopic (exact) mass is 237 g/mol. The minimum absolute atomic E-state index is 0.156. The van der Waals surface area contributed by atoms with E-state index < -0.39 is 0 Å². The van der Waals surface area contributed by atoms with E-state index in [1.54, 1.807) is 7.11 Å². The summed E-state index contributed by atoms with van der Waals surface area (Å²) in [6.07, 6.45) is 0. The molecule has 1 aromatic carbocycles. The fourth-order valence-electron chi connectivity index (χ4n) is 1.35. The Morgan fingerprint density at radius 2 is 2.00 bits per heavy atom. The minimum Gasteiger partial charge on any atom is -0.497 e. The molecule has 94 valence electrons. The van der Waals surface area contributed by atoms with Crippen molar-refractivity contribution in [3.63, 3.8) is 0 Å². The van der Waals surface area contributed by atoms with Gasteiger partial charge in [-0.3, -0.25) is 4.79 Å². The molecule has 1 N–H and O–H groups in total. The number of nitrogens with one attached hydrogen (secondary N) is 1. The third-order valence-corrected chi connectivity index (χ3v) is 2.39. The van der Waals surface area contributed by atoms with E-state index in [9.17, 15) is 4.79 Å². The van der Waals surface area contributed by atoms with Crippen molar-refractivity contribution in [1.29, 1.82) is 0 Å². The molecule has 0 saturated heterocycles. The number of hydrogen-bond acceptors (Lipinski definition) is 4. The lowest BCUT2D eigenvalue weighted by molar-refractivity contribution is -0.146. The Morgan fingerprint density at radius 3 is 2.53 bits per heavy atom. The predicted molar refractivity (Wildman–Crippen MR) is 67.3 cm³/mol. The fourth-order valence-corrected chi connectivity index (χ4v) is 1.35. The van der Waals surface area contributed by atoms with Crippen molar-refractivity contribution < 1.29 is 14.3 Å². The van der Waals surface area contributed by atoms with E-state index in [0.717, 1.165) is 11.4 Å². The molecule has 0 fully saturated rings. The van der Waals surface area contributed by atoms with Gasteiger partial charge in [0, 0.05) is 12.2 Å². The maximum absolute atomic E-state index is 11.4. The zero-order valence-electron chi connectivity index (χ0n) is 10.5. The highest BCUT2D eigenvalue weighted by molar-refractivity contribution is 5.72. The molecule has 0 spiro atoms. The SMILES string of the molecule is CCOC(=O)C(C)CNc1ccc(OC)cc1. The summed E-state index contributed by atoms with van der Waals surface area (Å²) in [6, 6.07) is 7.57. The van der Waals surface area contributed by atoms with E-state index in [2.05, 4.69) is 5.32 Å². The highest BCUT2D eigenvalue weighted by Gasteiger charge is 2.13. The van der Waals surface area contributed by atoms with Gasteiger partial charge in [-0.15, -0.1) is 0 Å². The zero-order chi connectivity index (χ0) is 12.7. The number of carbonyl (C=O) groups excluding carboxylic acids is 1. The Morgan fingerprint density at radius 1 is 1.35 bits per heavy atom. The number of hydrogen-bond donors (Lipinski definition) is 1. The Bertz CT molecular complexity index is 348. The van der Waals surface area contributed by atoms with Crippen molar-refractivity contribution >= 4 is 11.7 Å². The lowest BCUT2D eigenvalue weighted by atomic mass is 10.2. The summed E-state index contributed by atoms with van der Waals surface area (Å²) >= 11 is 0. The van der Waals surface area contributed by atoms with Gasteiger partial charge in [0.2, 0.25) is 0 Å². The summed E-state index contributed by atoms with van der Waals surface area (Å²) in [4.78, 5) is 11.4. The number of rotatable bonds is 6. The Balaban J connectivity index is 2.41. The molecule has 0 amide bonds. The zero-order valence-corrected chi connectivity index (χ0v) is 10.5. The molecule has 1 aromatic rings. The van der Waals surface area contributed by atoms with Crippen molar-refractivity contribution in [2.45, 2.75) is 13.8 Å². The first-order valence-corrected chi connectivity index (χ1v) is 5.72. The molecular weight excluding hydrogens is 218 g/mol. The Kier molecular flexibility index (Phi) is 5.33. The van der Waals surface area contributed by atoms with Gasteiger partial charge in [-0.25, -0.2) is 0 Å². The van der Waals surface area contributed by atoms with Crippen LogP contribution in [0.1, 0.15) is 13.8 Å². The van der Waals surface area contributed by atoms with Crippen LogP contribution in [0.25, 0.3) is 0 Å². The summed E-state index contributed by atoms with van der Waals surface area (Å²) in [5.74, 6) is 0.486. The summed E-state index contributed by atoms with van der Waals surface area (Å²) in [7, 11) is 1.63. The molecule has 0 aliphatic carbocycles. The van der Waals surface area contributed by atoms with E-state index in [1.165, 1.54) is 0 Å². The van der Waals surface area contributed by atoms with Gasteiger partial charge in [0.15, 0.2) is 0 Å². The first-order valence-electron chi connectivity index (χ1n) is 5.72. The number of methoxy groups -OCH3 is 1. The van der Waals surface area contributed by atoms with Crippen LogP contribution in [-0.2, 0) is 9.53 Å². The van der Waals surface area contributed by atoms with Gasteiger partial charge in [-0.1, -0.05) is 6.92 Å². The van der Waals surface area contributed by atoms with E-state index >= 15 is 0 Å². The molecule has 0 bridgehead atoms. The van der Waals surface area contributed by atoms with Gasteiger partial charge in [-0.05, 0) is 31.2 Å². The van der Waals surface area contributed by atoms with Crippen LogP contribution < -0.4 is 10.1 Å². The summed E-state index contributed by atoms with van der Waals surface area (Å²) < 4.78 is 9.99. The molecule has 17 heavy (non-hydrogen) atoms. The lowest BCUT2D eigenvalue weighted by Gasteiger charge is -2.12. The second-order valence-corrected chi connectivity index (χ2v) is 3.76. The highest BCUT2D eigenvalue weighted by atomic mass is 16.5. The quantitative estimate of drug-likeness (QED) is 0.771. The van der Waals surface area contributed by atoms with Crippen LogP contribution in [0.15, 0.2) is 24.3 Å². The standard InChI is InChI=1S/C13H19NO3/c1-4-17-13(15)10(2)9-14-11-5-7-12(16-3)8-6-11/h5-8,10,14H,4,9H2,1-3H3. The van der Waals surface area contributed by atoms with E-state index in [1.807, 2.05) is 38.1 Å². The number of ether oxygens (including phenoxy) is 2. The Labute approximate surface area is 102 Å². The third-order valence-electron chi connectivity index (χ3n) is 2.39. The minimum atomic E-state index is -0.173. The van der Waals surface area contributed by atoms with Crippen LogP contribution in [0, 0.1) is 5.92 Å². The van der Waals surface area contributed by atoms with Crippen LogP contribution in [0.3, 0.4) is 0 Å². The molecular formula is C13H19NO3. The van der Waals surface area contributed by atoms with E-state index in [0.29, 0.717) is 13.2 Å². The molecule has 4 nitrogen and oxygen atoms in total. The molecule has 0 aromatic heterocycles. The Hall–Kier alpha value is -1.71. The maximum atomic E-state index is 11.4. The van der Waals surface area contributed by atoms with Crippen molar-refractivity contribution in [3.05, 3.63) is 24.3 Å². The summed E-state index contributed by atoms with van der Waals surface area (Å²) in [6.45, 7) is 4.63. The first kappa shape index (κ1) is 13.4. The summed E-state index contributed by atoms with van der Waals surface area (Å²) in [5.41, 5.74) is 0.960. The average Bonchev–Trinajstić information content (AvgIpc) is 2.36. The number of benzene rings is 1. The van der Waals surface area contributed by atoms with Crippen LogP contribution in [0.2, 0.25) is 0 Å².